The average Bonchev–Trinajstić information content (AvgIpc) is 2.85. The van der Waals surface area contributed by atoms with Crippen LogP contribution in [0.5, 0.6) is 0 Å². The molecule has 0 saturated heterocycles. The van der Waals surface area contributed by atoms with Crippen molar-refractivity contribution in [3.05, 3.63) is 47.7 Å². The summed E-state index contributed by atoms with van der Waals surface area (Å²) in [6, 6.07) is 12.1. The molecule has 21 heavy (non-hydrogen) atoms. The molecular formula is C15H16N6. The summed E-state index contributed by atoms with van der Waals surface area (Å²) in [7, 11) is 3.81. The van der Waals surface area contributed by atoms with Crippen LogP contribution in [0, 0.1) is 11.3 Å². The Morgan fingerprint density at radius 1 is 1.29 bits per heavy atom. The van der Waals surface area contributed by atoms with Crippen LogP contribution in [0.2, 0.25) is 0 Å². The molecule has 0 amide bonds. The Hall–Kier alpha value is -2.65. The number of fused-ring (bicyclic) bond motifs is 1. The minimum atomic E-state index is -0.617. The molecule has 0 aliphatic carbocycles. The lowest BCUT2D eigenvalue weighted by molar-refractivity contribution is 0.289. The maximum atomic E-state index is 9.27. The van der Waals surface area contributed by atoms with Gasteiger partial charge in [0.25, 0.3) is 0 Å². The van der Waals surface area contributed by atoms with E-state index >= 15 is 0 Å². The van der Waals surface area contributed by atoms with Crippen molar-refractivity contribution >= 4 is 11.8 Å². The Bertz CT molecular complexity index is 695. The SMILES string of the molecule is CN(C)C1=NC=C(C#N)C2=NC(C)(c3ccccc3)NN21. The van der Waals surface area contributed by atoms with Gasteiger partial charge >= 0.3 is 0 Å². The third kappa shape index (κ3) is 2.08. The van der Waals surface area contributed by atoms with Gasteiger partial charge in [-0.1, -0.05) is 30.3 Å². The smallest absolute Gasteiger partial charge is 0.221 e. The van der Waals surface area contributed by atoms with Crippen molar-refractivity contribution in [1.82, 2.24) is 15.3 Å². The molecule has 2 aliphatic rings. The first-order valence-electron chi connectivity index (χ1n) is 6.64. The molecule has 1 aromatic rings. The van der Waals surface area contributed by atoms with Gasteiger partial charge in [-0.25, -0.2) is 15.0 Å². The van der Waals surface area contributed by atoms with Crippen LogP contribution in [0.1, 0.15) is 12.5 Å². The lowest BCUT2D eigenvalue weighted by Crippen LogP contribution is -2.53. The van der Waals surface area contributed by atoms with Crippen molar-refractivity contribution in [2.24, 2.45) is 9.98 Å². The van der Waals surface area contributed by atoms with Gasteiger partial charge in [0.15, 0.2) is 11.5 Å². The first-order valence-corrected chi connectivity index (χ1v) is 6.64. The Balaban J connectivity index is 2.07. The van der Waals surface area contributed by atoms with Crippen LogP contribution in [-0.4, -0.2) is 35.8 Å². The van der Waals surface area contributed by atoms with Gasteiger partial charge in [0.1, 0.15) is 11.6 Å². The molecule has 0 bridgehead atoms. The number of hydrazine groups is 1. The van der Waals surface area contributed by atoms with Gasteiger partial charge in [-0.2, -0.15) is 10.7 Å². The standard InChI is InChI=1S/C15H16N6/c1-15(12-7-5-4-6-8-12)18-13-11(9-16)10-17-14(20(2)3)21(13)19-15/h4-8,10,19H,1-3H3. The van der Waals surface area contributed by atoms with Crippen molar-refractivity contribution < 1.29 is 0 Å². The third-order valence-electron chi connectivity index (χ3n) is 3.48. The molecule has 0 aromatic heterocycles. The van der Waals surface area contributed by atoms with E-state index in [9.17, 15) is 5.26 Å². The quantitative estimate of drug-likeness (QED) is 0.844. The summed E-state index contributed by atoms with van der Waals surface area (Å²) in [6.45, 7) is 1.98. The Kier molecular flexibility index (Phi) is 3.00. The number of hydrogen-bond donors (Lipinski definition) is 1. The largest absolute Gasteiger partial charge is 0.347 e. The number of amidine groups is 1. The van der Waals surface area contributed by atoms with Crippen LogP contribution in [0.3, 0.4) is 0 Å². The number of hydrogen-bond acceptors (Lipinski definition) is 6. The molecule has 6 heteroatoms. The van der Waals surface area contributed by atoms with Gasteiger partial charge in [-0.3, -0.25) is 0 Å². The monoisotopic (exact) mass is 280 g/mol. The van der Waals surface area contributed by atoms with Gasteiger partial charge in [0.05, 0.1) is 6.20 Å². The van der Waals surface area contributed by atoms with Crippen LogP contribution in [-0.2, 0) is 5.66 Å². The second-order valence-corrected chi connectivity index (χ2v) is 5.30. The molecule has 1 unspecified atom stereocenters. The van der Waals surface area contributed by atoms with E-state index in [0.29, 0.717) is 17.4 Å². The minimum absolute atomic E-state index is 0.452. The second kappa shape index (κ2) is 4.72. The molecule has 3 rings (SSSR count). The van der Waals surface area contributed by atoms with Crippen molar-refractivity contribution in [3.63, 3.8) is 0 Å². The predicted octanol–water partition coefficient (Wildman–Crippen LogP) is 1.42. The van der Waals surface area contributed by atoms with Crippen LogP contribution >= 0.6 is 0 Å². The van der Waals surface area contributed by atoms with E-state index in [-0.39, 0.29) is 0 Å². The molecule has 1 atom stereocenters. The first kappa shape index (κ1) is 13.3. The van der Waals surface area contributed by atoms with E-state index in [1.54, 1.807) is 11.2 Å². The van der Waals surface area contributed by atoms with Crippen molar-refractivity contribution in [3.8, 4) is 6.07 Å². The predicted molar refractivity (Wildman–Crippen MR) is 81.0 cm³/mol. The summed E-state index contributed by atoms with van der Waals surface area (Å²) < 4.78 is 0. The van der Waals surface area contributed by atoms with Gasteiger partial charge in [-0.15, -0.1) is 0 Å². The zero-order valence-electron chi connectivity index (χ0n) is 12.2. The molecule has 106 valence electrons. The second-order valence-electron chi connectivity index (χ2n) is 5.30. The number of rotatable bonds is 1. The summed E-state index contributed by atoms with van der Waals surface area (Å²) in [5.74, 6) is 1.30. The topological polar surface area (TPSA) is 67.0 Å². The zero-order chi connectivity index (χ0) is 15.0. The first-order chi connectivity index (χ1) is 10.0. The molecule has 6 nitrogen and oxygen atoms in total. The molecule has 2 heterocycles. The lowest BCUT2D eigenvalue weighted by Gasteiger charge is -2.31. The molecule has 0 fully saturated rings. The summed E-state index contributed by atoms with van der Waals surface area (Å²) in [6.07, 6.45) is 1.56. The van der Waals surface area contributed by atoms with Crippen molar-refractivity contribution in [2.75, 3.05) is 14.1 Å². The molecule has 0 saturated carbocycles. The van der Waals surface area contributed by atoms with Crippen molar-refractivity contribution in [1.29, 1.82) is 5.26 Å². The lowest BCUT2D eigenvalue weighted by atomic mass is 10.0. The fourth-order valence-corrected chi connectivity index (χ4v) is 2.41. The Morgan fingerprint density at radius 2 is 2.00 bits per heavy atom. The van der Waals surface area contributed by atoms with E-state index < -0.39 is 5.66 Å². The summed E-state index contributed by atoms with van der Waals surface area (Å²) in [4.78, 5) is 10.9. The molecule has 0 radical (unpaired) electrons. The normalized spacial score (nSPS) is 23.7. The number of guanidine groups is 1. The van der Waals surface area contributed by atoms with Crippen LogP contribution in [0.15, 0.2) is 52.1 Å². The molecule has 0 spiro atoms. The molecule has 1 aromatic carbocycles. The minimum Gasteiger partial charge on any atom is -0.347 e. The number of nitrogens with zero attached hydrogens (tertiary/aromatic N) is 5. The van der Waals surface area contributed by atoms with Crippen LogP contribution in [0.4, 0.5) is 0 Å². The fraction of sp³-hybridized carbons (Fsp3) is 0.267. The number of aliphatic imine (C=N–C) groups is 2. The van der Waals surface area contributed by atoms with Gasteiger partial charge in [0.2, 0.25) is 5.96 Å². The Morgan fingerprint density at radius 3 is 2.62 bits per heavy atom. The maximum Gasteiger partial charge on any atom is 0.221 e. The zero-order valence-corrected chi connectivity index (χ0v) is 12.2. The number of nitriles is 1. The highest BCUT2D eigenvalue weighted by molar-refractivity contribution is 6.13. The highest BCUT2D eigenvalue weighted by Gasteiger charge is 2.41. The fourth-order valence-electron chi connectivity index (χ4n) is 2.41. The van der Waals surface area contributed by atoms with E-state index in [1.807, 2.05) is 56.3 Å². The summed E-state index contributed by atoms with van der Waals surface area (Å²) in [5, 5.41) is 11.0. The van der Waals surface area contributed by atoms with E-state index in [4.69, 9.17) is 4.99 Å². The van der Waals surface area contributed by atoms with Crippen LogP contribution < -0.4 is 5.43 Å². The molecule has 2 aliphatic heterocycles. The van der Waals surface area contributed by atoms with Crippen LogP contribution in [0.25, 0.3) is 0 Å². The molecule has 1 N–H and O–H groups in total. The average molecular weight is 280 g/mol. The summed E-state index contributed by atoms with van der Waals surface area (Å²) in [5.41, 5.74) is 4.21. The molecular weight excluding hydrogens is 264 g/mol. The van der Waals surface area contributed by atoms with Gasteiger partial charge in [-0.05, 0) is 12.5 Å². The van der Waals surface area contributed by atoms with E-state index in [0.717, 1.165) is 5.56 Å². The Labute approximate surface area is 123 Å². The number of benzene rings is 1. The van der Waals surface area contributed by atoms with Crippen molar-refractivity contribution in [2.45, 2.75) is 12.6 Å². The van der Waals surface area contributed by atoms with Gasteiger partial charge < -0.3 is 4.90 Å². The van der Waals surface area contributed by atoms with E-state index in [1.165, 1.54) is 0 Å². The maximum absolute atomic E-state index is 9.27. The summed E-state index contributed by atoms with van der Waals surface area (Å²) >= 11 is 0. The van der Waals surface area contributed by atoms with Gasteiger partial charge in [0, 0.05) is 14.1 Å². The highest BCUT2D eigenvalue weighted by Crippen LogP contribution is 2.30. The third-order valence-corrected chi connectivity index (χ3v) is 3.48. The highest BCUT2D eigenvalue weighted by atomic mass is 15.7. The number of nitrogens with one attached hydrogen (secondary N) is 1. The van der Waals surface area contributed by atoms with E-state index in [2.05, 4.69) is 16.5 Å².